The Labute approximate surface area is 108 Å². The molecule has 0 bridgehead atoms. The summed E-state index contributed by atoms with van der Waals surface area (Å²) >= 11 is 0. The predicted octanol–water partition coefficient (Wildman–Crippen LogP) is 3.42. The molecule has 1 aliphatic heterocycles. The van der Waals surface area contributed by atoms with Crippen LogP contribution in [-0.4, -0.2) is 13.1 Å². The number of nitrogens with zero attached hydrogens (tertiary/aromatic N) is 1. The standard InChI is InChI=1S/C15H21FN2/c16-13-5-6-15(14(17)9-13)18-8-7-11-3-1-2-4-12(11)10-18/h5-6,9,11-12H,1-4,7-8,10,17H2. The number of nitrogen functional groups attached to an aromatic ring is 1. The molecule has 0 radical (unpaired) electrons. The van der Waals surface area contributed by atoms with Gasteiger partial charge in [-0.25, -0.2) is 4.39 Å². The first-order valence-corrected chi connectivity index (χ1v) is 7.04. The van der Waals surface area contributed by atoms with Crippen molar-refractivity contribution in [2.45, 2.75) is 32.1 Å². The van der Waals surface area contributed by atoms with E-state index in [4.69, 9.17) is 5.73 Å². The van der Waals surface area contributed by atoms with Crippen LogP contribution < -0.4 is 10.6 Å². The average Bonchev–Trinajstić information content (AvgIpc) is 2.38. The highest BCUT2D eigenvalue weighted by Crippen LogP contribution is 2.38. The van der Waals surface area contributed by atoms with E-state index in [9.17, 15) is 4.39 Å². The van der Waals surface area contributed by atoms with Crippen LogP contribution in [-0.2, 0) is 0 Å². The van der Waals surface area contributed by atoms with Crippen LogP contribution in [0.4, 0.5) is 15.8 Å². The summed E-state index contributed by atoms with van der Waals surface area (Å²) in [7, 11) is 0. The number of halogens is 1. The van der Waals surface area contributed by atoms with E-state index in [2.05, 4.69) is 4.90 Å². The van der Waals surface area contributed by atoms with Gasteiger partial charge in [-0.1, -0.05) is 19.3 Å². The molecule has 2 fully saturated rings. The van der Waals surface area contributed by atoms with E-state index in [1.165, 1.54) is 44.2 Å². The maximum atomic E-state index is 13.1. The van der Waals surface area contributed by atoms with Gasteiger partial charge >= 0.3 is 0 Å². The lowest BCUT2D eigenvalue weighted by molar-refractivity contribution is 0.202. The van der Waals surface area contributed by atoms with E-state index < -0.39 is 0 Å². The number of hydrogen-bond acceptors (Lipinski definition) is 2. The summed E-state index contributed by atoms with van der Waals surface area (Å²) in [4.78, 5) is 2.35. The van der Waals surface area contributed by atoms with Gasteiger partial charge < -0.3 is 10.6 Å². The molecule has 0 aromatic heterocycles. The van der Waals surface area contributed by atoms with Crippen LogP contribution in [0, 0.1) is 17.7 Å². The monoisotopic (exact) mass is 248 g/mol. The summed E-state index contributed by atoms with van der Waals surface area (Å²) < 4.78 is 13.1. The Balaban J connectivity index is 1.77. The number of hydrogen-bond donors (Lipinski definition) is 1. The van der Waals surface area contributed by atoms with Crippen molar-refractivity contribution >= 4 is 11.4 Å². The van der Waals surface area contributed by atoms with Crippen molar-refractivity contribution in [1.29, 1.82) is 0 Å². The van der Waals surface area contributed by atoms with Crippen LogP contribution in [0.2, 0.25) is 0 Å². The molecule has 2 N–H and O–H groups in total. The molecule has 1 aromatic carbocycles. The first-order chi connectivity index (χ1) is 8.74. The normalized spacial score (nSPS) is 27.9. The van der Waals surface area contributed by atoms with Crippen molar-refractivity contribution in [1.82, 2.24) is 0 Å². The topological polar surface area (TPSA) is 29.3 Å². The van der Waals surface area contributed by atoms with Gasteiger partial charge in [0.15, 0.2) is 0 Å². The van der Waals surface area contributed by atoms with E-state index >= 15 is 0 Å². The Morgan fingerprint density at radius 2 is 1.89 bits per heavy atom. The van der Waals surface area contributed by atoms with Crippen molar-refractivity contribution in [3.63, 3.8) is 0 Å². The molecule has 2 aliphatic rings. The summed E-state index contributed by atoms with van der Waals surface area (Å²) in [5, 5.41) is 0. The van der Waals surface area contributed by atoms with E-state index in [1.807, 2.05) is 6.07 Å². The van der Waals surface area contributed by atoms with Crippen LogP contribution in [0.15, 0.2) is 18.2 Å². The quantitative estimate of drug-likeness (QED) is 0.772. The fraction of sp³-hybridized carbons (Fsp3) is 0.600. The van der Waals surface area contributed by atoms with Gasteiger partial charge in [-0.05, 0) is 42.9 Å². The highest BCUT2D eigenvalue weighted by Gasteiger charge is 2.31. The lowest BCUT2D eigenvalue weighted by Gasteiger charge is -2.42. The molecule has 2 unspecified atom stereocenters. The second-order valence-electron chi connectivity index (χ2n) is 5.74. The Morgan fingerprint density at radius 3 is 2.67 bits per heavy atom. The largest absolute Gasteiger partial charge is 0.397 e. The van der Waals surface area contributed by atoms with E-state index in [0.717, 1.165) is 30.6 Å². The van der Waals surface area contributed by atoms with Crippen LogP contribution in [0.3, 0.4) is 0 Å². The molecule has 1 aromatic rings. The molecular weight excluding hydrogens is 227 g/mol. The Morgan fingerprint density at radius 1 is 1.11 bits per heavy atom. The van der Waals surface area contributed by atoms with Gasteiger partial charge in [0, 0.05) is 13.1 Å². The van der Waals surface area contributed by atoms with Crippen molar-refractivity contribution in [2.24, 2.45) is 11.8 Å². The van der Waals surface area contributed by atoms with Crippen molar-refractivity contribution in [3.8, 4) is 0 Å². The number of piperidine rings is 1. The third-order valence-electron chi connectivity index (χ3n) is 4.62. The molecule has 2 nitrogen and oxygen atoms in total. The zero-order valence-electron chi connectivity index (χ0n) is 10.7. The summed E-state index contributed by atoms with van der Waals surface area (Å²) in [6.45, 7) is 2.16. The lowest BCUT2D eigenvalue weighted by Crippen LogP contribution is -2.42. The highest BCUT2D eigenvalue weighted by molar-refractivity contribution is 5.67. The number of anilines is 2. The number of rotatable bonds is 1. The molecule has 18 heavy (non-hydrogen) atoms. The maximum Gasteiger partial charge on any atom is 0.125 e. The SMILES string of the molecule is Nc1cc(F)ccc1N1CCC2CCCCC2C1. The summed E-state index contributed by atoms with van der Waals surface area (Å²) in [5.74, 6) is 1.48. The maximum absolute atomic E-state index is 13.1. The van der Waals surface area contributed by atoms with Crippen LogP contribution in [0.5, 0.6) is 0 Å². The van der Waals surface area contributed by atoms with E-state index in [0.29, 0.717) is 5.69 Å². The molecule has 1 saturated carbocycles. The fourth-order valence-electron chi connectivity index (χ4n) is 3.63. The fourth-order valence-corrected chi connectivity index (χ4v) is 3.63. The number of benzene rings is 1. The van der Waals surface area contributed by atoms with E-state index in [1.54, 1.807) is 0 Å². The van der Waals surface area contributed by atoms with Crippen molar-refractivity contribution in [2.75, 3.05) is 23.7 Å². The molecule has 0 amide bonds. The first-order valence-electron chi connectivity index (χ1n) is 7.04. The predicted molar refractivity (Wildman–Crippen MR) is 73.1 cm³/mol. The Bertz CT molecular complexity index is 433. The van der Waals surface area contributed by atoms with Crippen molar-refractivity contribution in [3.05, 3.63) is 24.0 Å². The molecule has 98 valence electrons. The average molecular weight is 248 g/mol. The molecule has 3 heteroatoms. The minimum atomic E-state index is -0.246. The van der Waals surface area contributed by atoms with Gasteiger partial charge in [0.25, 0.3) is 0 Å². The van der Waals surface area contributed by atoms with Crippen LogP contribution in [0.1, 0.15) is 32.1 Å². The molecule has 1 aliphatic carbocycles. The van der Waals surface area contributed by atoms with Crippen molar-refractivity contribution < 1.29 is 4.39 Å². The summed E-state index contributed by atoms with van der Waals surface area (Å²) in [6.07, 6.45) is 6.79. The number of fused-ring (bicyclic) bond motifs is 1. The Kier molecular flexibility index (Phi) is 3.14. The van der Waals surface area contributed by atoms with E-state index in [-0.39, 0.29) is 5.82 Å². The number of nitrogens with two attached hydrogens (primary N) is 1. The lowest BCUT2D eigenvalue weighted by atomic mass is 9.75. The van der Waals surface area contributed by atoms with Crippen LogP contribution in [0.25, 0.3) is 0 Å². The summed E-state index contributed by atoms with van der Waals surface area (Å²) in [5.41, 5.74) is 7.53. The third kappa shape index (κ3) is 2.18. The van der Waals surface area contributed by atoms with Gasteiger partial charge in [-0.15, -0.1) is 0 Å². The van der Waals surface area contributed by atoms with Crippen LogP contribution >= 0.6 is 0 Å². The zero-order valence-corrected chi connectivity index (χ0v) is 10.7. The van der Waals surface area contributed by atoms with Gasteiger partial charge in [0.2, 0.25) is 0 Å². The zero-order chi connectivity index (χ0) is 12.5. The molecular formula is C15H21FN2. The minimum absolute atomic E-state index is 0.246. The molecule has 1 saturated heterocycles. The Hall–Kier alpha value is -1.25. The molecule has 2 atom stereocenters. The van der Waals surface area contributed by atoms with Gasteiger partial charge in [0.05, 0.1) is 11.4 Å². The second kappa shape index (κ2) is 4.79. The van der Waals surface area contributed by atoms with Gasteiger partial charge in [-0.2, -0.15) is 0 Å². The first kappa shape index (κ1) is 11.8. The third-order valence-corrected chi connectivity index (χ3v) is 4.62. The van der Waals surface area contributed by atoms with Gasteiger partial charge in [0.1, 0.15) is 5.82 Å². The van der Waals surface area contributed by atoms with Gasteiger partial charge in [-0.3, -0.25) is 0 Å². The molecule has 0 spiro atoms. The molecule has 1 heterocycles. The smallest absolute Gasteiger partial charge is 0.125 e. The molecule has 3 rings (SSSR count). The minimum Gasteiger partial charge on any atom is -0.397 e. The second-order valence-corrected chi connectivity index (χ2v) is 5.74. The summed E-state index contributed by atoms with van der Waals surface area (Å²) in [6, 6.07) is 4.77. The highest BCUT2D eigenvalue weighted by atomic mass is 19.1.